The number of rotatable bonds is 5. The van der Waals surface area contributed by atoms with Gasteiger partial charge < -0.3 is 19.2 Å². The Kier molecular flexibility index (Phi) is 5.77. The molecule has 1 fully saturated rings. The summed E-state index contributed by atoms with van der Waals surface area (Å²) in [5.41, 5.74) is 2.36. The number of carbonyl (C=O) groups is 2. The van der Waals surface area contributed by atoms with Crippen LogP contribution in [0.4, 0.5) is 0 Å². The molecule has 33 heavy (non-hydrogen) atoms. The molecule has 0 bridgehead atoms. The summed E-state index contributed by atoms with van der Waals surface area (Å²) in [7, 11) is 0. The Hall–Kier alpha value is -3.02. The third kappa shape index (κ3) is 4.07. The molecule has 1 atom stereocenters. The quantitative estimate of drug-likeness (QED) is 0.569. The van der Waals surface area contributed by atoms with E-state index in [-0.39, 0.29) is 17.9 Å². The van der Waals surface area contributed by atoms with Crippen LogP contribution >= 0.6 is 0 Å². The van der Waals surface area contributed by atoms with Crippen LogP contribution in [-0.2, 0) is 17.8 Å². The Bertz CT molecular complexity index is 1150. The first-order valence-electron chi connectivity index (χ1n) is 12.2. The summed E-state index contributed by atoms with van der Waals surface area (Å²) >= 11 is 0. The minimum absolute atomic E-state index is 0.0523. The van der Waals surface area contributed by atoms with Crippen molar-refractivity contribution < 1.29 is 14.0 Å². The summed E-state index contributed by atoms with van der Waals surface area (Å²) in [6.07, 6.45) is 7.49. The monoisotopic (exact) mass is 447 g/mol. The van der Waals surface area contributed by atoms with Gasteiger partial charge in [-0.2, -0.15) is 0 Å². The lowest BCUT2D eigenvalue weighted by atomic mass is 9.93. The molecule has 6 heteroatoms. The molecular weight excluding hydrogens is 414 g/mol. The normalized spacial score (nSPS) is 21.8. The van der Waals surface area contributed by atoms with Crippen molar-refractivity contribution in [1.82, 2.24) is 14.8 Å². The predicted molar refractivity (Wildman–Crippen MR) is 128 cm³/mol. The van der Waals surface area contributed by atoms with Crippen LogP contribution in [0.3, 0.4) is 0 Å². The lowest BCUT2D eigenvalue weighted by Crippen LogP contribution is -2.65. The first kappa shape index (κ1) is 21.8. The molecular formula is C27H33N3O3. The van der Waals surface area contributed by atoms with Crippen molar-refractivity contribution in [2.45, 2.75) is 76.9 Å². The Balaban J connectivity index is 1.48. The Morgan fingerprint density at radius 3 is 2.58 bits per heavy atom. The molecule has 1 aromatic carbocycles. The van der Waals surface area contributed by atoms with Crippen molar-refractivity contribution in [2.24, 2.45) is 0 Å². The smallest absolute Gasteiger partial charge is 0.271 e. The molecule has 1 N–H and O–H groups in total. The number of benzene rings is 1. The number of amides is 2. The first-order valence-corrected chi connectivity index (χ1v) is 12.2. The summed E-state index contributed by atoms with van der Waals surface area (Å²) in [5.74, 6) is 0.641. The molecule has 1 saturated carbocycles. The molecule has 5 rings (SSSR count). The number of fused-ring (bicyclic) bond motifs is 3. The second-order valence-electron chi connectivity index (χ2n) is 9.85. The number of aryl methyl sites for hydroxylation is 1. The zero-order valence-corrected chi connectivity index (χ0v) is 19.6. The average Bonchev–Trinajstić information content (AvgIpc) is 3.19. The fourth-order valence-electron chi connectivity index (χ4n) is 5.46. The molecule has 174 valence electrons. The number of nitrogens with one attached hydrogen (secondary N) is 1. The van der Waals surface area contributed by atoms with E-state index in [1.807, 2.05) is 48.7 Å². The molecule has 0 saturated heterocycles. The highest BCUT2D eigenvalue weighted by Gasteiger charge is 2.48. The fourth-order valence-corrected chi connectivity index (χ4v) is 5.46. The van der Waals surface area contributed by atoms with Gasteiger partial charge in [0.15, 0.2) is 5.58 Å². The highest BCUT2D eigenvalue weighted by atomic mass is 16.3. The predicted octanol–water partition coefficient (Wildman–Crippen LogP) is 4.84. The highest BCUT2D eigenvalue weighted by molar-refractivity contribution is 6.03. The van der Waals surface area contributed by atoms with Gasteiger partial charge in [0.25, 0.3) is 5.91 Å². The maximum atomic E-state index is 13.8. The summed E-state index contributed by atoms with van der Waals surface area (Å²) in [4.78, 5) is 29.3. The average molecular weight is 448 g/mol. The van der Waals surface area contributed by atoms with E-state index in [1.54, 1.807) is 4.90 Å². The summed E-state index contributed by atoms with van der Waals surface area (Å²) in [6, 6.07) is 14.1. The Morgan fingerprint density at radius 2 is 1.85 bits per heavy atom. The van der Waals surface area contributed by atoms with Gasteiger partial charge in [-0.3, -0.25) is 9.59 Å². The fraction of sp³-hybridized carbons (Fsp3) is 0.481. The van der Waals surface area contributed by atoms with E-state index in [2.05, 4.69) is 17.4 Å². The Morgan fingerprint density at radius 1 is 1.12 bits per heavy atom. The van der Waals surface area contributed by atoms with Gasteiger partial charge in [-0.05, 0) is 38.7 Å². The summed E-state index contributed by atoms with van der Waals surface area (Å²) < 4.78 is 7.78. The van der Waals surface area contributed by atoms with Crippen molar-refractivity contribution in [3.05, 3.63) is 59.5 Å². The third-order valence-corrected chi connectivity index (χ3v) is 7.39. The van der Waals surface area contributed by atoms with Crippen LogP contribution in [0, 0.1) is 6.92 Å². The standard InChI is InChI=1S/C27H33N3O3/c1-19-16-22-24(33-19)17-23-25(31)30(15-14-20-10-6-5-7-11-20)27(2,18-29(22)23)26(32)28-21-12-8-3-4-9-13-21/h5-7,10-11,16-17,21H,3-4,8-9,12-15,18H2,1-2H3,(H,28,32)/t27-/m0/s1. The Labute approximate surface area is 194 Å². The zero-order valence-electron chi connectivity index (χ0n) is 19.6. The molecule has 2 aliphatic rings. The minimum atomic E-state index is -0.970. The highest BCUT2D eigenvalue weighted by Crippen LogP contribution is 2.34. The molecule has 0 spiro atoms. The van der Waals surface area contributed by atoms with Crippen LogP contribution in [0.2, 0.25) is 0 Å². The molecule has 0 unspecified atom stereocenters. The molecule has 1 aliphatic heterocycles. The van der Waals surface area contributed by atoms with Gasteiger partial charge in [0.05, 0.1) is 12.1 Å². The number of furan rings is 1. The summed E-state index contributed by atoms with van der Waals surface area (Å²) in [5, 5.41) is 3.32. The van der Waals surface area contributed by atoms with Crippen LogP contribution < -0.4 is 5.32 Å². The van der Waals surface area contributed by atoms with E-state index in [4.69, 9.17) is 4.42 Å². The largest absolute Gasteiger partial charge is 0.460 e. The van der Waals surface area contributed by atoms with Gasteiger partial charge >= 0.3 is 0 Å². The van der Waals surface area contributed by atoms with E-state index in [0.717, 1.165) is 42.5 Å². The lowest BCUT2D eigenvalue weighted by molar-refractivity contribution is -0.133. The molecule has 3 heterocycles. The molecule has 1 aliphatic carbocycles. The van der Waals surface area contributed by atoms with Gasteiger partial charge in [-0.1, -0.05) is 56.0 Å². The topological polar surface area (TPSA) is 67.5 Å². The SMILES string of the molecule is Cc1cc2c(cc3n2C[C@@](C)(C(=O)NC2CCCCCC2)N(CCc2ccccc2)C3=O)o1. The van der Waals surface area contributed by atoms with Crippen LogP contribution in [-0.4, -0.2) is 39.4 Å². The van der Waals surface area contributed by atoms with Crippen LogP contribution in [0.1, 0.15) is 67.3 Å². The molecule has 3 aromatic rings. The first-order chi connectivity index (χ1) is 16.0. The molecule has 2 aromatic heterocycles. The minimum Gasteiger partial charge on any atom is -0.460 e. The van der Waals surface area contributed by atoms with E-state index >= 15 is 0 Å². The van der Waals surface area contributed by atoms with Crippen LogP contribution in [0.25, 0.3) is 11.1 Å². The van der Waals surface area contributed by atoms with Gasteiger partial charge in [0.1, 0.15) is 17.0 Å². The molecule has 6 nitrogen and oxygen atoms in total. The van der Waals surface area contributed by atoms with Gasteiger partial charge in [0, 0.05) is 24.7 Å². The van der Waals surface area contributed by atoms with E-state index < -0.39 is 5.54 Å². The number of nitrogens with zero attached hydrogens (tertiary/aromatic N) is 2. The van der Waals surface area contributed by atoms with Gasteiger partial charge in [0.2, 0.25) is 5.91 Å². The number of hydrogen-bond donors (Lipinski definition) is 1. The third-order valence-electron chi connectivity index (χ3n) is 7.39. The van der Waals surface area contributed by atoms with Crippen molar-refractivity contribution in [2.75, 3.05) is 6.54 Å². The molecule has 0 radical (unpaired) electrons. The van der Waals surface area contributed by atoms with Gasteiger partial charge in [-0.15, -0.1) is 0 Å². The maximum Gasteiger partial charge on any atom is 0.271 e. The molecule has 2 amide bonds. The zero-order chi connectivity index (χ0) is 23.0. The van der Waals surface area contributed by atoms with E-state index in [0.29, 0.717) is 30.8 Å². The van der Waals surface area contributed by atoms with Crippen molar-refractivity contribution in [3.63, 3.8) is 0 Å². The lowest BCUT2D eigenvalue weighted by Gasteiger charge is -2.44. The van der Waals surface area contributed by atoms with Crippen molar-refractivity contribution in [3.8, 4) is 0 Å². The number of carbonyl (C=O) groups excluding carboxylic acids is 2. The van der Waals surface area contributed by atoms with E-state index in [1.165, 1.54) is 12.8 Å². The summed E-state index contributed by atoms with van der Waals surface area (Å²) in [6.45, 7) is 4.73. The number of hydrogen-bond acceptors (Lipinski definition) is 3. The van der Waals surface area contributed by atoms with Crippen LogP contribution in [0.15, 0.2) is 46.9 Å². The van der Waals surface area contributed by atoms with Crippen molar-refractivity contribution >= 4 is 22.9 Å². The maximum absolute atomic E-state index is 13.8. The number of aromatic nitrogens is 1. The van der Waals surface area contributed by atoms with Gasteiger partial charge in [-0.25, -0.2) is 0 Å². The second kappa shape index (κ2) is 8.73. The van der Waals surface area contributed by atoms with Crippen LogP contribution in [0.5, 0.6) is 0 Å². The second-order valence-corrected chi connectivity index (χ2v) is 9.85. The van der Waals surface area contributed by atoms with Crippen molar-refractivity contribution in [1.29, 1.82) is 0 Å². The van der Waals surface area contributed by atoms with E-state index in [9.17, 15) is 9.59 Å².